The van der Waals surface area contributed by atoms with Crippen LogP contribution in [0.5, 0.6) is 0 Å². The minimum Gasteiger partial charge on any atom is -0.354 e. The first-order chi connectivity index (χ1) is 16.4. The average Bonchev–Trinajstić information content (AvgIpc) is 3.43. The molecule has 0 amide bonds. The molecule has 6 rings (SSSR count). The Balaban J connectivity index is 1.66. The molecule has 34 heavy (non-hydrogen) atoms. The maximum Gasteiger partial charge on any atom is 0.0544 e. The van der Waals surface area contributed by atoms with Gasteiger partial charge in [0, 0.05) is 42.6 Å². The van der Waals surface area contributed by atoms with Crippen molar-refractivity contribution in [2.75, 3.05) is 0 Å². The largest absolute Gasteiger partial charge is 0.354 e. The summed E-state index contributed by atoms with van der Waals surface area (Å²) in [7, 11) is 0. The summed E-state index contributed by atoms with van der Waals surface area (Å²) >= 11 is 3.70. The first-order valence-electron chi connectivity index (χ1n) is 11.9. The summed E-state index contributed by atoms with van der Waals surface area (Å²) in [4.78, 5) is 7.57. The van der Waals surface area contributed by atoms with Crippen LogP contribution in [0.4, 0.5) is 0 Å². The van der Waals surface area contributed by atoms with Crippen molar-refractivity contribution in [3.8, 4) is 11.3 Å². The number of aromatic amines is 2. The molecule has 3 heteroatoms. The topological polar surface area (TPSA) is 31.6 Å². The summed E-state index contributed by atoms with van der Waals surface area (Å²) in [5, 5.41) is 7.49. The summed E-state index contributed by atoms with van der Waals surface area (Å²) in [6.45, 7) is 8.83. The number of benzene rings is 3. The molecule has 0 spiro atoms. The summed E-state index contributed by atoms with van der Waals surface area (Å²) < 4.78 is 1.09. The van der Waals surface area contributed by atoms with E-state index in [0.29, 0.717) is 0 Å². The average molecular weight is 507 g/mol. The Morgan fingerprint density at radius 3 is 2.41 bits per heavy atom. The zero-order valence-corrected chi connectivity index (χ0v) is 21.5. The van der Waals surface area contributed by atoms with E-state index < -0.39 is 0 Å². The first kappa shape index (κ1) is 21.2. The lowest BCUT2D eigenvalue weighted by Crippen LogP contribution is -2.10. The van der Waals surface area contributed by atoms with E-state index in [0.717, 1.165) is 16.6 Å². The molecule has 0 unspecified atom stereocenters. The number of hydrogen-bond acceptors (Lipinski definition) is 0. The van der Waals surface area contributed by atoms with Crippen molar-refractivity contribution in [2.45, 2.75) is 34.1 Å². The zero-order valence-electron chi connectivity index (χ0n) is 19.9. The molecule has 168 valence electrons. The maximum atomic E-state index is 3.81. The van der Waals surface area contributed by atoms with Crippen molar-refractivity contribution in [1.29, 1.82) is 0 Å². The lowest BCUT2D eigenvalue weighted by Gasteiger charge is -2.11. The summed E-state index contributed by atoms with van der Waals surface area (Å²) in [6.07, 6.45) is 5.60. The second kappa shape index (κ2) is 7.89. The monoisotopic (exact) mass is 506 g/mol. The lowest BCUT2D eigenvalue weighted by molar-refractivity contribution is 1.11. The van der Waals surface area contributed by atoms with E-state index in [-0.39, 0.29) is 0 Å². The molecule has 0 saturated heterocycles. The van der Waals surface area contributed by atoms with Crippen LogP contribution in [-0.2, 0) is 6.42 Å². The van der Waals surface area contributed by atoms with Crippen LogP contribution in [0, 0.1) is 31.3 Å². The second-order valence-electron chi connectivity index (χ2n) is 9.41. The van der Waals surface area contributed by atoms with Gasteiger partial charge in [0.25, 0.3) is 0 Å². The number of H-pyrrole nitrogens is 2. The van der Waals surface area contributed by atoms with Crippen LogP contribution >= 0.6 is 15.9 Å². The van der Waals surface area contributed by atoms with Gasteiger partial charge in [-0.1, -0.05) is 70.9 Å². The van der Waals surface area contributed by atoms with Crippen molar-refractivity contribution >= 4 is 38.9 Å². The van der Waals surface area contributed by atoms with Crippen LogP contribution in [0.1, 0.15) is 40.4 Å². The zero-order chi connectivity index (χ0) is 23.6. The fourth-order valence-corrected chi connectivity index (χ4v) is 6.07. The third-order valence-electron chi connectivity index (χ3n) is 7.08. The number of hydrogen-bond donors (Lipinski definition) is 2. The van der Waals surface area contributed by atoms with E-state index >= 15 is 0 Å². The fraction of sp³-hybridized carbons (Fsp3) is 0.161. The highest BCUT2D eigenvalue weighted by Gasteiger charge is 2.17. The van der Waals surface area contributed by atoms with Crippen LogP contribution in [0.15, 0.2) is 59.1 Å². The van der Waals surface area contributed by atoms with Crippen LogP contribution in [0.2, 0.25) is 0 Å². The van der Waals surface area contributed by atoms with E-state index in [1.807, 2.05) is 0 Å². The molecule has 0 radical (unpaired) electrons. The van der Waals surface area contributed by atoms with Crippen molar-refractivity contribution in [1.82, 2.24) is 9.97 Å². The molecule has 2 N–H and O–H groups in total. The van der Waals surface area contributed by atoms with Crippen LogP contribution in [0.25, 0.3) is 34.2 Å². The van der Waals surface area contributed by atoms with E-state index in [1.54, 1.807) is 0 Å². The number of aryl methyl sites for hydroxylation is 3. The van der Waals surface area contributed by atoms with E-state index in [1.165, 1.54) is 71.0 Å². The first-order valence-corrected chi connectivity index (χ1v) is 12.7. The summed E-state index contributed by atoms with van der Waals surface area (Å²) in [5.41, 5.74) is 10.2. The van der Waals surface area contributed by atoms with Gasteiger partial charge in [-0.3, -0.25) is 0 Å². The fourth-order valence-electron chi connectivity index (χ4n) is 5.71. The standard InChI is InChI=1S/C31H27BrN2/c1-5-22-25-14-20-8-6-7-9-23(20)30(25)33-27(22)16-28-24-11-10-21(32)15-26(24)31(34-28)29-18(3)12-17(2)13-19(29)4/h6-16,33-34H,5H2,1-4H3. The van der Waals surface area contributed by atoms with Crippen molar-refractivity contribution < 1.29 is 0 Å². The van der Waals surface area contributed by atoms with E-state index in [9.17, 15) is 0 Å². The Morgan fingerprint density at radius 2 is 1.65 bits per heavy atom. The Labute approximate surface area is 207 Å². The predicted octanol–water partition coefficient (Wildman–Crippen LogP) is 6.67. The maximum absolute atomic E-state index is 3.81. The van der Waals surface area contributed by atoms with Gasteiger partial charge in [0.05, 0.1) is 11.0 Å². The van der Waals surface area contributed by atoms with Crippen LogP contribution in [-0.4, -0.2) is 9.97 Å². The highest BCUT2D eigenvalue weighted by Crippen LogP contribution is 2.36. The number of nitrogens with one attached hydrogen (secondary N) is 2. The SMILES string of the molecule is CCc1c2c([nH]c1=Cc1[nH]c(-c3c(C)cc(C)cc3C)c3cc(Br)ccc13)=c1ccccc1=C2. The van der Waals surface area contributed by atoms with Gasteiger partial charge in [0.15, 0.2) is 0 Å². The molecule has 0 aliphatic heterocycles. The Kier molecular flexibility index (Phi) is 4.93. The highest BCUT2D eigenvalue weighted by atomic mass is 79.9. The molecule has 2 heterocycles. The van der Waals surface area contributed by atoms with E-state index in [2.05, 4.69) is 120 Å². The van der Waals surface area contributed by atoms with E-state index in [4.69, 9.17) is 0 Å². The minimum absolute atomic E-state index is 0.982. The molecule has 0 bridgehead atoms. The minimum atomic E-state index is 0.982. The molecule has 0 fully saturated rings. The van der Waals surface area contributed by atoms with Gasteiger partial charge in [0.1, 0.15) is 0 Å². The van der Waals surface area contributed by atoms with Crippen LogP contribution < -0.4 is 10.6 Å². The van der Waals surface area contributed by atoms with Gasteiger partial charge >= 0.3 is 0 Å². The van der Waals surface area contributed by atoms with Crippen molar-refractivity contribution in [3.05, 3.63) is 114 Å². The molecule has 0 saturated carbocycles. The number of rotatable bonds is 3. The molecule has 5 aromatic rings. The molecular weight excluding hydrogens is 480 g/mol. The number of fused-ring (bicyclic) bond motifs is 3. The smallest absolute Gasteiger partial charge is 0.0544 e. The predicted molar refractivity (Wildman–Crippen MR) is 146 cm³/mol. The Bertz CT molecular complexity index is 1810. The molecule has 1 aliphatic rings. The van der Waals surface area contributed by atoms with Gasteiger partial charge < -0.3 is 9.97 Å². The van der Waals surface area contributed by atoms with Gasteiger partial charge in [-0.15, -0.1) is 0 Å². The van der Waals surface area contributed by atoms with Gasteiger partial charge in [-0.25, -0.2) is 0 Å². The van der Waals surface area contributed by atoms with Gasteiger partial charge in [-0.05, 0) is 73.4 Å². The van der Waals surface area contributed by atoms with Gasteiger partial charge in [0.2, 0.25) is 0 Å². The Hall–Kier alpha value is -3.30. The third-order valence-corrected chi connectivity index (χ3v) is 7.57. The molecule has 2 nitrogen and oxygen atoms in total. The number of aromatic nitrogens is 2. The molecular formula is C31H27BrN2. The van der Waals surface area contributed by atoms with Crippen molar-refractivity contribution in [2.24, 2.45) is 0 Å². The summed E-state index contributed by atoms with van der Waals surface area (Å²) in [6, 6.07) is 19.8. The van der Waals surface area contributed by atoms with Gasteiger partial charge in [-0.2, -0.15) is 0 Å². The Morgan fingerprint density at radius 1 is 0.882 bits per heavy atom. The molecule has 0 atom stereocenters. The quantitative estimate of drug-likeness (QED) is 0.268. The number of halogens is 1. The molecule has 2 aromatic heterocycles. The molecule has 3 aromatic carbocycles. The molecule has 1 aliphatic carbocycles. The highest BCUT2D eigenvalue weighted by molar-refractivity contribution is 9.10. The van der Waals surface area contributed by atoms with Crippen LogP contribution in [0.3, 0.4) is 0 Å². The second-order valence-corrected chi connectivity index (χ2v) is 10.3. The van der Waals surface area contributed by atoms with Crippen molar-refractivity contribution in [3.63, 3.8) is 0 Å². The lowest BCUT2D eigenvalue weighted by atomic mass is 9.95. The normalized spacial score (nSPS) is 12.8. The summed E-state index contributed by atoms with van der Waals surface area (Å²) in [5.74, 6) is 0. The third kappa shape index (κ3) is 3.22.